The Morgan fingerprint density at radius 3 is 2.57 bits per heavy atom. The Morgan fingerprint density at radius 1 is 1.38 bits per heavy atom. The SMILES string of the molecule is O=S(=O)(c1cc(C(F)(F)F)ccc1Cl)N1CCC(CO)C1. The molecule has 9 heteroatoms. The summed E-state index contributed by atoms with van der Waals surface area (Å²) >= 11 is 5.76. The van der Waals surface area contributed by atoms with Gasteiger partial charge in [-0.1, -0.05) is 11.6 Å². The van der Waals surface area contributed by atoms with Gasteiger partial charge < -0.3 is 5.11 Å². The van der Waals surface area contributed by atoms with E-state index in [4.69, 9.17) is 16.7 Å². The van der Waals surface area contributed by atoms with Crippen molar-refractivity contribution in [2.45, 2.75) is 17.5 Å². The van der Waals surface area contributed by atoms with Crippen LogP contribution in [0.1, 0.15) is 12.0 Å². The first-order chi connectivity index (χ1) is 9.66. The summed E-state index contributed by atoms with van der Waals surface area (Å²) in [5.74, 6) is -0.204. The number of rotatable bonds is 3. The smallest absolute Gasteiger partial charge is 0.396 e. The Hall–Kier alpha value is -0.830. The first-order valence-electron chi connectivity index (χ1n) is 6.14. The van der Waals surface area contributed by atoms with E-state index in [1.54, 1.807) is 0 Å². The van der Waals surface area contributed by atoms with Crippen molar-refractivity contribution in [1.29, 1.82) is 0 Å². The number of hydrogen-bond acceptors (Lipinski definition) is 3. The second kappa shape index (κ2) is 5.75. The molecule has 0 radical (unpaired) electrons. The average Bonchev–Trinajstić information content (AvgIpc) is 2.87. The van der Waals surface area contributed by atoms with Crippen molar-refractivity contribution in [3.05, 3.63) is 28.8 Å². The van der Waals surface area contributed by atoms with Crippen molar-refractivity contribution in [2.75, 3.05) is 19.7 Å². The van der Waals surface area contributed by atoms with E-state index < -0.39 is 26.7 Å². The number of benzene rings is 1. The van der Waals surface area contributed by atoms with Crippen LogP contribution in [0.25, 0.3) is 0 Å². The lowest BCUT2D eigenvalue weighted by Gasteiger charge is -2.18. The molecule has 1 aliphatic heterocycles. The molecule has 1 heterocycles. The van der Waals surface area contributed by atoms with Crippen LogP contribution in [0.5, 0.6) is 0 Å². The van der Waals surface area contributed by atoms with Gasteiger partial charge in [0.05, 0.1) is 10.6 Å². The number of hydrogen-bond donors (Lipinski definition) is 1. The number of aliphatic hydroxyl groups is 1. The molecule has 1 atom stereocenters. The normalized spacial score (nSPS) is 20.9. The van der Waals surface area contributed by atoms with Crippen LogP contribution >= 0.6 is 11.6 Å². The summed E-state index contributed by atoms with van der Waals surface area (Å²) in [5.41, 5.74) is -1.07. The highest BCUT2D eigenvalue weighted by Crippen LogP contribution is 2.35. The lowest BCUT2D eigenvalue weighted by molar-refractivity contribution is -0.137. The molecule has 2 rings (SSSR count). The number of alkyl halides is 3. The molecule has 0 spiro atoms. The van der Waals surface area contributed by atoms with Crippen molar-refractivity contribution < 1.29 is 26.7 Å². The molecule has 0 aliphatic carbocycles. The first kappa shape index (κ1) is 16.5. The predicted molar refractivity (Wildman–Crippen MR) is 70.4 cm³/mol. The molecule has 118 valence electrons. The van der Waals surface area contributed by atoms with Gasteiger partial charge in [-0.15, -0.1) is 0 Å². The van der Waals surface area contributed by atoms with E-state index in [1.807, 2.05) is 0 Å². The molecular formula is C12H13ClF3NO3S. The summed E-state index contributed by atoms with van der Waals surface area (Å²) in [6, 6.07) is 2.21. The van der Waals surface area contributed by atoms with Gasteiger partial charge in [0.25, 0.3) is 0 Å². The minimum Gasteiger partial charge on any atom is -0.396 e. The van der Waals surface area contributed by atoms with E-state index in [1.165, 1.54) is 0 Å². The molecule has 1 N–H and O–H groups in total. The Balaban J connectivity index is 2.41. The first-order valence-corrected chi connectivity index (χ1v) is 7.96. The molecule has 0 amide bonds. The maximum Gasteiger partial charge on any atom is 0.416 e. The molecular weight excluding hydrogens is 331 g/mol. The van der Waals surface area contributed by atoms with Crippen LogP contribution in [-0.4, -0.2) is 37.5 Å². The maximum absolute atomic E-state index is 12.7. The Morgan fingerprint density at radius 2 is 2.05 bits per heavy atom. The summed E-state index contributed by atoms with van der Waals surface area (Å²) < 4.78 is 63.9. The second-order valence-corrected chi connectivity index (χ2v) is 7.16. The van der Waals surface area contributed by atoms with Crippen LogP contribution in [0.2, 0.25) is 5.02 Å². The Kier molecular flexibility index (Phi) is 4.53. The van der Waals surface area contributed by atoms with E-state index in [2.05, 4.69) is 0 Å². The van der Waals surface area contributed by atoms with Gasteiger partial charge in [-0.3, -0.25) is 0 Å². The summed E-state index contributed by atoms with van der Waals surface area (Å²) in [4.78, 5) is -0.558. The highest BCUT2D eigenvalue weighted by atomic mass is 35.5. The second-order valence-electron chi connectivity index (χ2n) is 4.84. The Bertz CT molecular complexity index is 633. The summed E-state index contributed by atoms with van der Waals surface area (Å²) in [6.45, 7) is 0.0634. The van der Waals surface area contributed by atoms with Crippen LogP contribution in [0.15, 0.2) is 23.1 Å². The van der Waals surface area contributed by atoms with Crippen LogP contribution in [0.3, 0.4) is 0 Å². The Labute approximate surface area is 125 Å². The lowest BCUT2D eigenvalue weighted by atomic mass is 10.1. The molecule has 0 saturated carbocycles. The number of aliphatic hydroxyl groups excluding tert-OH is 1. The third-order valence-electron chi connectivity index (χ3n) is 3.38. The van der Waals surface area contributed by atoms with Crippen LogP contribution in [-0.2, 0) is 16.2 Å². The summed E-state index contributed by atoms with van der Waals surface area (Å²) in [7, 11) is -4.10. The molecule has 0 bridgehead atoms. The molecule has 21 heavy (non-hydrogen) atoms. The minimum absolute atomic E-state index is 0.0748. The van der Waals surface area contributed by atoms with Gasteiger partial charge in [0.2, 0.25) is 10.0 Å². The van der Waals surface area contributed by atoms with Gasteiger partial charge in [-0.2, -0.15) is 17.5 Å². The molecule has 4 nitrogen and oxygen atoms in total. The standard InChI is InChI=1S/C12H13ClF3NO3S/c13-10-2-1-9(12(14,15)16)5-11(10)21(19,20)17-4-3-8(6-17)7-18/h1-2,5,8,18H,3-4,6-7H2. The zero-order valence-electron chi connectivity index (χ0n) is 10.8. The third-order valence-corrected chi connectivity index (χ3v) is 5.73. The highest BCUT2D eigenvalue weighted by molar-refractivity contribution is 7.89. The zero-order valence-corrected chi connectivity index (χ0v) is 12.3. The topological polar surface area (TPSA) is 57.6 Å². The van der Waals surface area contributed by atoms with Crippen LogP contribution in [0.4, 0.5) is 13.2 Å². The molecule has 1 unspecified atom stereocenters. The number of sulfonamides is 1. The van der Waals surface area contributed by atoms with Crippen LogP contribution < -0.4 is 0 Å². The molecule has 1 aromatic rings. The molecule has 1 fully saturated rings. The summed E-state index contributed by atoms with van der Waals surface area (Å²) in [5, 5.41) is 8.77. The largest absolute Gasteiger partial charge is 0.416 e. The van der Waals surface area contributed by atoms with Crippen molar-refractivity contribution in [3.8, 4) is 0 Å². The van der Waals surface area contributed by atoms with Crippen molar-refractivity contribution in [3.63, 3.8) is 0 Å². The number of halogens is 4. The zero-order chi connectivity index (χ0) is 15.8. The van der Waals surface area contributed by atoms with E-state index >= 15 is 0 Å². The quantitative estimate of drug-likeness (QED) is 0.916. The van der Waals surface area contributed by atoms with E-state index in [-0.39, 0.29) is 30.6 Å². The van der Waals surface area contributed by atoms with Crippen molar-refractivity contribution in [1.82, 2.24) is 4.31 Å². The van der Waals surface area contributed by atoms with E-state index in [0.717, 1.165) is 16.4 Å². The average molecular weight is 344 g/mol. The fourth-order valence-electron chi connectivity index (χ4n) is 2.18. The lowest BCUT2D eigenvalue weighted by Crippen LogP contribution is -2.29. The van der Waals surface area contributed by atoms with Crippen LogP contribution in [0, 0.1) is 5.92 Å². The van der Waals surface area contributed by atoms with Gasteiger partial charge in [0, 0.05) is 19.7 Å². The van der Waals surface area contributed by atoms with E-state index in [0.29, 0.717) is 12.5 Å². The predicted octanol–water partition coefficient (Wildman–Crippen LogP) is 2.36. The van der Waals surface area contributed by atoms with Gasteiger partial charge in [0.15, 0.2) is 0 Å². The van der Waals surface area contributed by atoms with E-state index in [9.17, 15) is 21.6 Å². The van der Waals surface area contributed by atoms with Crippen molar-refractivity contribution >= 4 is 21.6 Å². The third kappa shape index (κ3) is 3.33. The fraction of sp³-hybridized carbons (Fsp3) is 0.500. The minimum atomic E-state index is -4.65. The van der Waals surface area contributed by atoms with Gasteiger partial charge in [0.1, 0.15) is 4.90 Å². The van der Waals surface area contributed by atoms with Crippen molar-refractivity contribution in [2.24, 2.45) is 5.92 Å². The maximum atomic E-state index is 12.7. The summed E-state index contributed by atoms with van der Waals surface area (Å²) in [6.07, 6.45) is -4.18. The molecule has 1 saturated heterocycles. The number of nitrogens with zero attached hydrogens (tertiary/aromatic N) is 1. The molecule has 0 aromatic heterocycles. The van der Waals surface area contributed by atoms with Gasteiger partial charge in [-0.05, 0) is 30.5 Å². The van der Waals surface area contributed by atoms with Gasteiger partial charge >= 0.3 is 6.18 Å². The highest BCUT2D eigenvalue weighted by Gasteiger charge is 2.36. The fourth-order valence-corrected chi connectivity index (χ4v) is 4.21. The monoisotopic (exact) mass is 343 g/mol. The molecule has 1 aromatic carbocycles. The van der Waals surface area contributed by atoms with Gasteiger partial charge in [-0.25, -0.2) is 8.42 Å². The molecule has 1 aliphatic rings.